The number of carbonyl (C=O) groups is 2. The summed E-state index contributed by atoms with van der Waals surface area (Å²) < 4.78 is 0. The highest BCUT2D eigenvalue weighted by Crippen LogP contribution is 2.28. The molecule has 2 aromatic carbocycles. The maximum atomic E-state index is 12.9. The molecule has 5 heteroatoms. The van der Waals surface area contributed by atoms with Crippen molar-refractivity contribution in [3.63, 3.8) is 0 Å². The summed E-state index contributed by atoms with van der Waals surface area (Å²) in [5.41, 5.74) is 1.77. The van der Waals surface area contributed by atoms with Gasteiger partial charge in [0.2, 0.25) is 0 Å². The molecule has 0 radical (unpaired) electrons. The molecule has 0 saturated carbocycles. The van der Waals surface area contributed by atoms with Crippen LogP contribution in [0.15, 0.2) is 36.4 Å². The number of phenols is 1. The smallest absolute Gasteiger partial charge is 0.336 e. The van der Waals surface area contributed by atoms with Gasteiger partial charge >= 0.3 is 5.97 Å². The Hall–Kier alpha value is -2.82. The van der Waals surface area contributed by atoms with E-state index in [2.05, 4.69) is 18.7 Å². The van der Waals surface area contributed by atoms with Gasteiger partial charge < -0.3 is 15.1 Å². The number of carboxylic acid groups (broad SMARTS) is 1. The number of rotatable bonds is 10. The van der Waals surface area contributed by atoms with Crippen LogP contribution in [0.4, 0.5) is 5.69 Å². The van der Waals surface area contributed by atoms with Crippen LogP contribution >= 0.6 is 0 Å². The van der Waals surface area contributed by atoms with Crippen LogP contribution in [-0.4, -0.2) is 35.1 Å². The molecule has 0 fully saturated rings. The number of hydrogen-bond acceptors (Lipinski definition) is 4. The highest BCUT2D eigenvalue weighted by molar-refractivity contribution is 6.15. The molecule has 150 valence electrons. The van der Waals surface area contributed by atoms with Crippen LogP contribution in [0, 0.1) is 6.92 Å². The fourth-order valence-electron chi connectivity index (χ4n) is 3.15. The van der Waals surface area contributed by atoms with E-state index in [1.165, 1.54) is 12.1 Å². The van der Waals surface area contributed by atoms with Crippen molar-refractivity contribution in [1.82, 2.24) is 0 Å². The van der Waals surface area contributed by atoms with Crippen molar-refractivity contribution in [2.45, 2.75) is 46.5 Å². The van der Waals surface area contributed by atoms with Crippen molar-refractivity contribution < 1.29 is 19.8 Å². The van der Waals surface area contributed by atoms with E-state index in [1.54, 1.807) is 25.1 Å². The summed E-state index contributed by atoms with van der Waals surface area (Å²) in [5, 5.41) is 19.9. The highest BCUT2D eigenvalue weighted by atomic mass is 16.4. The van der Waals surface area contributed by atoms with Crippen LogP contribution in [0.5, 0.6) is 5.75 Å². The molecule has 0 aliphatic rings. The molecule has 0 aliphatic heterocycles. The predicted octanol–water partition coefficient (Wildman–Crippen LogP) is 5.04. The van der Waals surface area contributed by atoms with Gasteiger partial charge in [-0.05, 0) is 44.0 Å². The molecule has 2 aromatic rings. The Morgan fingerprint density at radius 3 is 2.04 bits per heavy atom. The second-order valence-electron chi connectivity index (χ2n) is 7.08. The molecule has 0 unspecified atom stereocenters. The third-order valence-corrected chi connectivity index (χ3v) is 4.80. The first-order chi connectivity index (χ1) is 13.4. The third kappa shape index (κ3) is 5.12. The van der Waals surface area contributed by atoms with Gasteiger partial charge in [0.15, 0.2) is 5.78 Å². The number of carbonyl (C=O) groups excluding carboxylic acids is 1. The Labute approximate surface area is 166 Å². The van der Waals surface area contributed by atoms with Gasteiger partial charge in [-0.2, -0.15) is 0 Å². The average molecular weight is 383 g/mol. The zero-order valence-corrected chi connectivity index (χ0v) is 16.9. The number of carboxylic acids is 1. The number of aromatic hydroxyl groups is 1. The maximum absolute atomic E-state index is 12.9. The van der Waals surface area contributed by atoms with E-state index in [4.69, 9.17) is 0 Å². The number of nitrogens with zero attached hydrogens (tertiary/aromatic N) is 1. The summed E-state index contributed by atoms with van der Waals surface area (Å²) in [4.78, 5) is 26.6. The van der Waals surface area contributed by atoms with E-state index < -0.39 is 11.8 Å². The average Bonchev–Trinajstić information content (AvgIpc) is 2.67. The number of anilines is 1. The molecule has 2 N–H and O–H groups in total. The highest BCUT2D eigenvalue weighted by Gasteiger charge is 2.21. The monoisotopic (exact) mass is 383 g/mol. The first-order valence-corrected chi connectivity index (χ1v) is 9.85. The molecule has 0 spiro atoms. The molecule has 0 aromatic heterocycles. The molecule has 2 rings (SSSR count). The van der Waals surface area contributed by atoms with E-state index in [-0.39, 0.29) is 22.4 Å². The molecule has 0 atom stereocenters. The fraction of sp³-hybridized carbons (Fsp3) is 0.391. The van der Waals surface area contributed by atoms with Gasteiger partial charge in [-0.3, -0.25) is 4.79 Å². The Morgan fingerprint density at radius 2 is 1.50 bits per heavy atom. The zero-order valence-electron chi connectivity index (χ0n) is 16.9. The van der Waals surface area contributed by atoms with Gasteiger partial charge in [-0.25, -0.2) is 4.79 Å². The Kier molecular flexibility index (Phi) is 7.61. The van der Waals surface area contributed by atoms with Crippen LogP contribution in [0.2, 0.25) is 0 Å². The van der Waals surface area contributed by atoms with Crippen molar-refractivity contribution in [3.8, 4) is 5.75 Å². The summed E-state index contributed by atoms with van der Waals surface area (Å²) in [5.74, 6) is -1.78. The number of ketones is 1. The van der Waals surface area contributed by atoms with Crippen LogP contribution in [-0.2, 0) is 0 Å². The second kappa shape index (κ2) is 9.93. The van der Waals surface area contributed by atoms with Crippen LogP contribution < -0.4 is 4.90 Å². The summed E-state index contributed by atoms with van der Waals surface area (Å²) >= 11 is 0. The van der Waals surface area contributed by atoms with Gasteiger partial charge in [0.05, 0.1) is 11.1 Å². The number of aryl methyl sites for hydroxylation is 1. The lowest BCUT2D eigenvalue weighted by molar-refractivity contribution is 0.0692. The standard InChI is InChI=1S/C23H29NO4/c1-4-6-12-24(13-7-5-2)17-9-11-19(21(25)15-17)22(26)18-10-8-16(3)14-20(18)23(27)28/h8-11,14-15,25H,4-7,12-13H2,1-3H3,(H,27,28). The topological polar surface area (TPSA) is 77.8 Å². The number of unbranched alkanes of at least 4 members (excludes halogenated alkanes) is 2. The third-order valence-electron chi connectivity index (χ3n) is 4.80. The Morgan fingerprint density at radius 1 is 0.893 bits per heavy atom. The predicted molar refractivity (Wildman–Crippen MR) is 112 cm³/mol. The lowest BCUT2D eigenvalue weighted by Gasteiger charge is -2.25. The fourth-order valence-corrected chi connectivity index (χ4v) is 3.15. The molecular weight excluding hydrogens is 354 g/mol. The molecule has 0 bridgehead atoms. The SMILES string of the molecule is CCCCN(CCCC)c1ccc(C(=O)c2ccc(C)cc2C(=O)O)c(O)c1. The minimum atomic E-state index is -1.16. The first-order valence-electron chi connectivity index (χ1n) is 9.85. The largest absolute Gasteiger partial charge is 0.507 e. The van der Waals surface area contributed by atoms with E-state index in [1.807, 2.05) is 6.07 Å². The van der Waals surface area contributed by atoms with E-state index in [0.717, 1.165) is 50.0 Å². The van der Waals surface area contributed by atoms with Gasteiger partial charge in [0.1, 0.15) is 5.75 Å². The molecule has 28 heavy (non-hydrogen) atoms. The maximum Gasteiger partial charge on any atom is 0.336 e. The lowest BCUT2D eigenvalue weighted by atomic mass is 9.96. The summed E-state index contributed by atoms with van der Waals surface area (Å²) in [6.07, 6.45) is 4.26. The number of aromatic carboxylic acids is 1. The van der Waals surface area contributed by atoms with E-state index >= 15 is 0 Å². The second-order valence-corrected chi connectivity index (χ2v) is 7.08. The van der Waals surface area contributed by atoms with Crippen molar-refractivity contribution in [2.75, 3.05) is 18.0 Å². The quantitative estimate of drug-likeness (QED) is 0.562. The van der Waals surface area contributed by atoms with Crippen molar-refractivity contribution >= 4 is 17.4 Å². The lowest BCUT2D eigenvalue weighted by Crippen LogP contribution is -2.25. The van der Waals surface area contributed by atoms with Crippen LogP contribution in [0.25, 0.3) is 0 Å². The number of hydrogen-bond donors (Lipinski definition) is 2. The molecule has 0 aliphatic carbocycles. The summed E-state index contributed by atoms with van der Waals surface area (Å²) in [6.45, 7) is 7.83. The van der Waals surface area contributed by atoms with Crippen molar-refractivity contribution in [1.29, 1.82) is 0 Å². The van der Waals surface area contributed by atoms with Crippen LogP contribution in [0.1, 0.15) is 71.4 Å². The molecule has 5 nitrogen and oxygen atoms in total. The van der Waals surface area contributed by atoms with Gasteiger partial charge in [0.25, 0.3) is 0 Å². The number of benzene rings is 2. The minimum absolute atomic E-state index is 0.0546. The van der Waals surface area contributed by atoms with Crippen molar-refractivity contribution in [2.24, 2.45) is 0 Å². The van der Waals surface area contributed by atoms with Gasteiger partial charge in [-0.1, -0.05) is 38.3 Å². The zero-order chi connectivity index (χ0) is 20.7. The molecule has 0 amide bonds. The molecule has 0 heterocycles. The first kappa shape index (κ1) is 21.5. The van der Waals surface area contributed by atoms with E-state index in [9.17, 15) is 19.8 Å². The van der Waals surface area contributed by atoms with Crippen LogP contribution in [0.3, 0.4) is 0 Å². The Balaban J connectivity index is 2.35. The van der Waals surface area contributed by atoms with E-state index in [0.29, 0.717) is 0 Å². The molecule has 0 saturated heterocycles. The van der Waals surface area contributed by atoms with Crippen molar-refractivity contribution in [3.05, 3.63) is 58.7 Å². The summed E-state index contributed by atoms with van der Waals surface area (Å²) in [7, 11) is 0. The van der Waals surface area contributed by atoms with Gasteiger partial charge in [0, 0.05) is 30.4 Å². The number of phenolic OH excluding ortho intramolecular Hbond substituents is 1. The summed E-state index contributed by atoms with van der Waals surface area (Å²) in [6, 6.07) is 9.69. The van der Waals surface area contributed by atoms with Gasteiger partial charge in [-0.15, -0.1) is 0 Å². The minimum Gasteiger partial charge on any atom is -0.507 e. The Bertz CT molecular complexity index is 836. The molecular formula is C23H29NO4. The normalized spacial score (nSPS) is 10.7.